The third-order valence-electron chi connectivity index (χ3n) is 4.07. The van der Waals surface area contributed by atoms with Gasteiger partial charge in [-0.05, 0) is 36.6 Å². The summed E-state index contributed by atoms with van der Waals surface area (Å²) in [4.78, 5) is 11.9. The number of rotatable bonds is 6. The van der Waals surface area contributed by atoms with Crippen LogP contribution in [0.15, 0.2) is 30.6 Å². The molecule has 0 aliphatic rings. The van der Waals surface area contributed by atoms with Gasteiger partial charge in [0.15, 0.2) is 0 Å². The van der Waals surface area contributed by atoms with E-state index in [0.717, 1.165) is 24.5 Å². The zero-order valence-corrected chi connectivity index (χ0v) is 13.8. The van der Waals surface area contributed by atoms with Crippen molar-refractivity contribution < 1.29 is 4.74 Å². The van der Waals surface area contributed by atoms with Crippen molar-refractivity contribution in [3.05, 3.63) is 53.1 Å². The largest absolute Gasteiger partial charge is 0.378 e. The maximum Gasteiger partial charge on any atom is 0.129 e. The number of nitrogens with zero attached hydrogens (tertiary/aromatic N) is 2. The maximum atomic E-state index is 5.10. The fourth-order valence-electron chi connectivity index (χ4n) is 2.81. The number of aromatic amines is 1. The predicted octanol–water partition coefficient (Wildman–Crippen LogP) is 3.59. The van der Waals surface area contributed by atoms with E-state index in [-0.39, 0.29) is 0 Å². The molecule has 0 radical (unpaired) electrons. The van der Waals surface area contributed by atoms with E-state index in [4.69, 9.17) is 4.74 Å². The summed E-state index contributed by atoms with van der Waals surface area (Å²) in [5.74, 6) is 0.812. The molecule has 3 rings (SSSR count). The molecule has 0 bridgehead atoms. The number of hydrogen-bond donors (Lipinski definition) is 2. The quantitative estimate of drug-likeness (QED) is 0.730. The average molecular weight is 310 g/mol. The SMILES string of the molecule is CCc1[nH]c2ccc(CNc3cc(COC)ncn3)cc2c1C. The molecule has 2 N–H and O–H groups in total. The predicted molar refractivity (Wildman–Crippen MR) is 92.5 cm³/mol. The summed E-state index contributed by atoms with van der Waals surface area (Å²) in [5.41, 5.74) is 5.95. The summed E-state index contributed by atoms with van der Waals surface area (Å²) < 4.78 is 5.10. The van der Waals surface area contributed by atoms with Crippen LogP contribution in [0.5, 0.6) is 0 Å². The first-order chi connectivity index (χ1) is 11.2. The van der Waals surface area contributed by atoms with Gasteiger partial charge in [0, 0.05) is 36.3 Å². The van der Waals surface area contributed by atoms with Gasteiger partial charge in [-0.1, -0.05) is 13.0 Å². The minimum atomic E-state index is 0.492. The number of aromatic nitrogens is 3. The summed E-state index contributed by atoms with van der Waals surface area (Å²) in [6.45, 7) is 5.57. The van der Waals surface area contributed by atoms with Gasteiger partial charge in [-0.15, -0.1) is 0 Å². The van der Waals surface area contributed by atoms with E-state index >= 15 is 0 Å². The molecule has 0 aliphatic carbocycles. The highest BCUT2D eigenvalue weighted by molar-refractivity contribution is 5.85. The lowest BCUT2D eigenvalue weighted by atomic mass is 10.1. The Hall–Kier alpha value is -2.40. The lowest BCUT2D eigenvalue weighted by molar-refractivity contribution is 0.181. The van der Waals surface area contributed by atoms with Gasteiger partial charge in [-0.2, -0.15) is 0 Å². The fourth-order valence-corrected chi connectivity index (χ4v) is 2.81. The standard InChI is InChI=1S/C18H22N4O/c1-4-16-12(2)15-7-13(5-6-17(15)22-16)9-19-18-8-14(10-23-3)20-11-21-18/h5-8,11,22H,4,9-10H2,1-3H3,(H,19,20,21). The number of hydrogen-bond acceptors (Lipinski definition) is 4. The van der Waals surface area contributed by atoms with Crippen LogP contribution in [0.3, 0.4) is 0 Å². The number of benzene rings is 1. The summed E-state index contributed by atoms with van der Waals surface area (Å²) in [6, 6.07) is 8.44. The van der Waals surface area contributed by atoms with E-state index in [0.29, 0.717) is 6.61 Å². The van der Waals surface area contributed by atoms with E-state index in [2.05, 4.69) is 52.3 Å². The minimum Gasteiger partial charge on any atom is -0.378 e. The minimum absolute atomic E-state index is 0.492. The normalized spacial score (nSPS) is 11.1. The van der Waals surface area contributed by atoms with Crippen LogP contribution < -0.4 is 5.32 Å². The number of aryl methyl sites for hydroxylation is 2. The zero-order chi connectivity index (χ0) is 16.2. The van der Waals surface area contributed by atoms with Crippen molar-refractivity contribution in [3.63, 3.8) is 0 Å². The Morgan fingerprint density at radius 1 is 1.22 bits per heavy atom. The number of ether oxygens (including phenoxy) is 1. The van der Waals surface area contributed by atoms with Crippen molar-refractivity contribution in [3.8, 4) is 0 Å². The Labute approximate surface area is 136 Å². The molecule has 5 nitrogen and oxygen atoms in total. The van der Waals surface area contributed by atoms with Gasteiger partial charge >= 0.3 is 0 Å². The van der Waals surface area contributed by atoms with Crippen LogP contribution in [-0.2, 0) is 24.3 Å². The first-order valence-corrected chi connectivity index (χ1v) is 7.85. The smallest absolute Gasteiger partial charge is 0.129 e. The molecule has 2 heterocycles. The molecule has 0 unspecified atom stereocenters. The average Bonchev–Trinajstić information content (AvgIpc) is 2.89. The van der Waals surface area contributed by atoms with Crippen LogP contribution in [-0.4, -0.2) is 22.1 Å². The van der Waals surface area contributed by atoms with Gasteiger partial charge in [-0.3, -0.25) is 0 Å². The molecule has 0 spiro atoms. The summed E-state index contributed by atoms with van der Waals surface area (Å²) in [5, 5.41) is 4.64. The number of nitrogens with one attached hydrogen (secondary N) is 2. The van der Waals surface area contributed by atoms with E-state index < -0.39 is 0 Å². The summed E-state index contributed by atoms with van der Waals surface area (Å²) in [6.07, 6.45) is 2.58. The summed E-state index contributed by atoms with van der Waals surface area (Å²) in [7, 11) is 1.66. The fraction of sp³-hybridized carbons (Fsp3) is 0.333. The molecule has 1 aromatic carbocycles. The Morgan fingerprint density at radius 3 is 2.87 bits per heavy atom. The van der Waals surface area contributed by atoms with Crippen molar-refractivity contribution in [2.45, 2.75) is 33.4 Å². The number of H-pyrrole nitrogens is 1. The van der Waals surface area contributed by atoms with Crippen LogP contribution >= 0.6 is 0 Å². The molecule has 3 aromatic rings. The van der Waals surface area contributed by atoms with Gasteiger partial charge in [0.2, 0.25) is 0 Å². The highest BCUT2D eigenvalue weighted by Gasteiger charge is 2.07. The third-order valence-corrected chi connectivity index (χ3v) is 4.07. The molecule has 0 saturated carbocycles. The van der Waals surface area contributed by atoms with Gasteiger partial charge in [-0.25, -0.2) is 9.97 Å². The Morgan fingerprint density at radius 2 is 2.09 bits per heavy atom. The molecule has 0 saturated heterocycles. The van der Waals surface area contributed by atoms with E-state index in [9.17, 15) is 0 Å². The molecule has 5 heteroatoms. The van der Waals surface area contributed by atoms with Crippen LogP contribution in [0, 0.1) is 6.92 Å². The second-order valence-electron chi connectivity index (χ2n) is 5.64. The topological polar surface area (TPSA) is 62.8 Å². The Kier molecular flexibility index (Phi) is 4.57. The molecular formula is C18H22N4O. The van der Waals surface area contributed by atoms with Crippen molar-refractivity contribution >= 4 is 16.7 Å². The van der Waals surface area contributed by atoms with Gasteiger partial charge < -0.3 is 15.0 Å². The van der Waals surface area contributed by atoms with Crippen molar-refractivity contribution in [2.75, 3.05) is 12.4 Å². The molecule has 0 amide bonds. The Balaban J connectivity index is 1.76. The lowest BCUT2D eigenvalue weighted by Crippen LogP contribution is -2.03. The van der Waals surface area contributed by atoms with Crippen molar-refractivity contribution in [2.24, 2.45) is 0 Å². The molecule has 0 fully saturated rings. The van der Waals surface area contributed by atoms with Crippen LogP contribution in [0.2, 0.25) is 0 Å². The molecule has 23 heavy (non-hydrogen) atoms. The molecule has 120 valence electrons. The van der Waals surface area contributed by atoms with Crippen LogP contribution in [0.25, 0.3) is 10.9 Å². The first kappa shape index (κ1) is 15.5. The van der Waals surface area contributed by atoms with Gasteiger partial charge in [0.1, 0.15) is 12.1 Å². The monoisotopic (exact) mass is 310 g/mol. The van der Waals surface area contributed by atoms with Crippen molar-refractivity contribution in [1.29, 1.82) is 0 Å². The first-order valence-electron chi connectivity index (χ1n) is 7.85. The molecule has 0 aliphatic heterocycles. The van der Waals surface area contributed by atoms with E-state index in [1.165, 1.54) is 27.7 Å². The highest BCUT2D eigenvalue weighted by atomic mass is 16.5. The second kappa shape index (κ2) is 6.79. The second-order valence-corrected chi connectivity index (χ2v) is 5.64. The number of anilines is 1. The third kappa shape index (κ3) is 3.35. The summed E-state index contributed by atoms with van der Waals surface area (Å²) >= 11 is 0. The highest BCUT2D eigenvalue weighted by Crippen LogP contribution is 2.23. The maximum absolute atomic E-state index is 5.10. The van der Waals surface area contributed by atoms with Crippen molar-refractivity contribution in [1.82, 2.24) is 15.0 Å². The van der Waals surface area contributed by atoms with Crippen LogP contribution in [0.4, 0.5) is 5.82 Å². The van der Waals surface area contributed by atoms with Gasteiger partial charge in [0.25, 0.3) is 0 Å². The van der Waals surface area contributed by atoms with E-state index in [1.807, 2.05) is 6.07 Å². The van der Waals surface area contributed by atoms with Crippen LogP contribution in [0.1, 0.15) is 29.4 Å². The Bertz CT molecular complexity index is 810. The number of fused-ring (bicyclic) bond motifs is 1. The number of methoxy groups -OCH3 is 1. The molecular weight excluding hydrogens is 288 g/mol. The zero-order valence-electron chi connectivity index (χ0n) is 13.8. The van der Waals surface area contributed by atoms with E-state index in [1.54, 1.807) is 13.4 Å². The molecule has 2 aromatic heterocycles. The lowest BCUT2D eigenvalue weighted by Gasteiger charge is -2.07. The molecule has 0 atom stereocenters. The van der Waals surface area contributed by atoms with Gasteiger partial charge in [0.05, 0.1) is 12.3 Å².